The van der Waals surface area contributed by atoms with E-state index in [1.807, 2.05) is 0 Å². The lowest BCUT2D eigenvalue weighted by Gasteiger charge is -2.16. The van der Waals surface area contributed by atoms with E-state index in [4.69, 9.17) is 4.74 Å². The van der Waals surface area contributed by atoms with Crippen molar-refractivity contribution in [2.75, 3.05) is 12.4 Å². The first kappa shape index (κ1) is 14.9. The Morgan fingerprint density at radius 2 is 1.57 bits per heavy atom. The van der Waals surface area contributed by atoms with Gasteiger partial charge in [0.2, 0.25) is 11.6 Å². The lowest BCUT2D eigenvalue weighted by atomic mass is 10.0. The molecule has 0 saturated carbocycles. The van der Waals surface area contributed by atoms with E-state index in [0.717, 1.165) is 0 Å². The molecule has 2 aromatic rings. The number of aromatic nitrogens is 2. The second kappa shape index (κ2) is 5.64. The Bertz CT molecular complexity index is 839. The number of Topliss-reactive ketones (excluding diaryl/α,β-unsaturated/α-hetero) is 1. The second-order valence-corrected chi connectivity index (χ2v) is 5.20. The molecule has 116 valence electrons. The number of nitrogens with one attached hydrogen (secondary N) is 1. The van der Waals surface area contributed by atoms with E-state index in [-0.39, 0.29) is 28.7 Å². The number of allylic oxidation sites excluding steroid dienone is 2. The summed E-state index contributed by atoms with van der Waals surface area (Å²) in [6.45, 7) is 3.52. The van der Waals surface area contributed by atoms with Gasteiger partial charge in [0, 0.05) is 11.8 Å². The number of carbonyl (C=O) groups is 2. The Kier molecular flexibility index (Phi) is 3.65. The predicted molar refractivity (Wildman–Crippen MR) is 84.9 cm³/mol. The Labute approximate surface area is 133 Å². The van der Waals surface area contributed by atoms with Crippen LogP contribution in [0.25, 0.3) is 0 Å². The highest BCUT2D eigenvalue weighted by Gasteiger charge is 2.29. The summed E-state index contributed by atoms with van der Waals surface area (Å²) in [5.74, 6) is 0.0371. The zero-order chi connectivity index (χ0) is 16.6. The standard InChI is InChI=1S/C17H15N3O3/c1-9-10(2)19-16-15(18-9)14(21)8-13(17(16)22)20-11-4-6-12(23-3)7-5-11/h4-8,20H,1-3H3. The molecule has 0 spiro atoms. The maximum Gasteiger partial charge on any atom is 0.230 e. The van der Waals surface area contributed by atoms with Crippen LogP contribution >= 0.6 is 0 Å². The molecule has 0 radical (unpaired) electrons. The lowest BCUT2D eigenvalue weighted by molar-refractivity contribution is 0.0977. The zero-order valence-electron chi connectivity index (χ0n) is 13.0. The lowest BCUT2D eigenvalue weighted by Crippen LogP contribution is -2.25. The molecule has 3 rings (SSSR count). The highest BCUT2D eigenvalue weighted by molar-refractivity contribution is 6.23. The van der Waals surface area contributed by atoms with Crippen molar-refractivity contribution in [2.45, 2.75) is 13.8 Å². The minimum absolute atomic E-state index is 0.0941. The quantitative estimate of drug-likeness (QED) is 0.938. The summed E-state index contributed by atoms with van der Waals surface area (Å²) >= 11 is 0. The van der Waals surface area contributed by atoms with E-state index in [0.29, 0.717) is 22.8 Å². The van der Waals surface area contributed by atoms with Crippen molar-refractivity contribution in [3.8, 4) is 5.75 Å². The minimum Gasteiger partial charge on any atom is -0.497 e. The number of ketones is 2. The molecule has 0 fully saturated rings. The van der Waals surface area contributed by atoms with Crippen molar-refractivity contribution in [1.82, 2.24) is 9.97 Å². The first-order valence-corrected chi connectivity index (χ1v) is 7.06. The zero-order valence-corrected chi connectivity index (χ0v) is 13.0. The number of nitrogens with zero attached hydrogens (tertiary/aromatic N) is 2. The van der Waals surface area contributed by atoms with Gasteiger partial charge in [-0.15, -0.1) is 0 Å². The maximum absolute atomic E-state index is 12.5. The van der Waals surface area contributed by atoms with Crippen molar-refractivity contribution in [2.24, 2.45) is 0 Å². The minimum atomic E-state index is -0.342. The fourth-order valence-corrected chi connectivity index (χ4v) is 2.25. The molecule has 0 atom stereocenters. The van der Waals surface area contributed by atoms with Gasteiger partial charge in [-0.05, 0) is 38.1 Å². The molecule has 0 amide bonds. The molecule has 6 nitrogen and oxygen atoms in total. The Balaban J connectivity index is 1.93. The summed E-state index contributed by atoms with van der Waals surface area (Å²) in [6.07, 6.45) is 1.26. The number of aryl methyl sites for hydroxylation is 2. The molecular formula is C17H15N3O3. The van der Waals surface area contributed by atoms with Crippen LogP contribution in [0.15, 0.2) is 36.0 Å². The number of fused-ring (bicyclic) bond motifs is 1. The van der Waals surface area contributed by atoms with E-state index < -0.39 is 0 Å². The molecule has 0 unspecified atom stereocenters. The van der Waals surface area contributed by atoms with Crippen molar-refractivity contribution in [1.29, 1.82) is 0 Å². The molecule has 0 saturated heterocycles. The summed E-state index contributed by atoms with van der Waals surface area (Å²) in [6, 6.07) is 7.05. The largest absolute Gasteiger partial charge is 0.497 e. The van der Waals surface area contributed by atoms with Crippen LogP contribution in [-0.4, -0.2) is 28.6 Å². The summed E-state index contributed by atoms with van der Waals surface area (Å²) in [4.78, 5) is 33.2. The molecule has 1 aliphatic rings. The van der Waals surface area contributed by atoms with E-state index in [2.05, 4.69) is 15.3 Å². The first-order valence-electron chi connectivity index (χ1n) is 7.06. The third kappa shape index (κ3) is 2.70. The summed E-state index contributed by atoms with van der Waals surface area (Å²) in [5.41, 5.74) is 2.35. The maximum atomic E-state index is 12.5. The first-order chi connectivity index (χ1) is 11.0. The number of rotatable bonds is 3. The number of hydrogen-bond acceptors (Lipinski definition) is 6. The van der Waals surface area contributed by atoms with Crippen LogP contribution < -0.4 is 10.1 Å². The molecular weight excluding hydrogens is 294 g/mol. The van der Waals surface area contributed by atoms with Crippen LogP contribution in [0, 0.1) is 13.8 Å². The van der Waals surface area contributed by atoms with Gasteiger partial charge in [0.25, 0.3) is 0 Å². The molecule has 1 aromatic heterocycles. The molecule has 1 N–H and O–H groups in total. The van der Waals surface area contributed by atoms with E-state index in [9.17, 15) is 9.59 Å². The van der Waals surface area contributed by atoms with Crippen LogP contribution in [0.2, 0.25) is 0 Å². The van der Waals surface area contributed by atoms with Gasteiger partial charge < -0.3 is 10.1 Å². The SMILES string of the molecule is COc1ccc(NC2=CC(=O)c3nc(C)c(C)nc3C2=O)cc1. The van der Waals surface area contributed by atoms with Crippen molar-refractivity contribution >= 4 is 17.3 Å². The fourth-order valence-electron chi connectivity index (χ4n) is 2.25. The third-order valence-corrected chi connectivity index (χ3v) is 3.64. The highest BCUT2D eigenvalue weighted by atomic mass is 16.5. The molecule has 23 heavy (non-hydrogen) atoms. The van der Waals surface area contributed by atoms with Gasteiger partial charge in [-0.3, -0.25) is 9.59 Å². The molecule has 6 heteroatoms. The van der Waals surface area contributed by atoms with Gasteiger partial charge in [0.15, 0.2) is 0 Å². The van der Waals surface area contributed by atoms with Crippen molar-refractivity contribution in [3.05, 3.63) is 58.8 Å². The van der Waals surface area contributed by atoms with Crippen LogP contribution in [-0.2, 0) is 0 Å². The second-order valence-electron chi connectivity index (χ2n) is 5.20. The van der Waals surface area contributed by atoms with Crippen molar-refractivity contribution in [3.63, 3.8) is 0 Å². The topological polar surface area (TPSA) is 81.2 Å². The Hall–Kier alpha value is -3.02. The van der Waals surface area contributed by atoms with Gasteiger partial charge in [0.1, 0.15) is 17.1 Å². The third-order valence-electron chi connectivity index (χ3n) is 3.64. The smallest absolute Gasteiger partial charge is 0.230 e. The molecule has 1 heterocycles. The number of benzene rings is 1. The van der Waals surface area contributed by atoms with Gasteiger partial charge in [-0.2, -0.15) is 0 Å². The van der Waals surface area contributed by atoms with Gasteiger partial charge in [0.05, 0.1) is 24.2 Å². The molecule has 1 aromatic carbocycles. The number of carbonyl (C=O) groups excluding carboxylic acids is 2. The summed E-state index contributed by atoms with van der Waals surface area (Å²) < 4.78 is 5.09. The van der Waals surface area contributed by atoms with Crippen LogP contribution in [0.4, 0.5) is 5.69 Å². The van der Waals surface area contributed by atoms with E-state index in [1.54, 1.807) is 45.2 Å². The number of ether oxygens (including phenoxy) is 1. The molecule has 0 bridgehead atoms. The molecule has 0 aliphatic heterocycles. The number of hydrogen-bond donors (Lipinski definition) is 1. The van der Waals surface area contributed by atoms with E-state index >= 15 is 0 Å². The predicted octanol–water partition coefficient (Wildman–Crippen LogP) is 2.48. The fraction of sp³-hybridized carbons (Fsp3) is 0.176. The van der Waals surface area contributed by atoms with Gasteiger partial charge in [-0.25, -0.2) is 9.97 Å². The molecule has 1 aliphatic carbocycles. The van der Waals surface area contributed by atoms with Gasteiger partial charge >= 0.3 is 0 Å². The van der Waals surface area contributed by atoms with Crippen LogP contribution in [0.3, 0.4) is 0 Å². The monoisotopic (exact) mass is 309 g/mol. The Morgan fingerprint density at radius 1 is 0.957 bits per heavy atom. The number of anilines is 1. The summed E-state index contributed by atoms with van der Waals surface area (Å²) in [7, 11) is 1.58. The van der Waals surface area contributed by atoms with Gasteiger partial charge in [-0.1, -0.05) is 0 Å². The average molecular weight is 309 g/mol. The van der Waals surface area contributed by atoms with Crippen molar-refractivity contribution < 1.29 is 14.3 Å². The summed E-state index contributed by atoms with van der Waals surface area (Å²) in [5, 5.41) is 2.95. The van der Waals surface area contributed by atoms with E-state index in [1.165, 1.54) is 6.08 Å². The Morgan fingerprint density at radius 3 is 2.17 bits per heavy atom. The average Bonchev–Trinajstić information content (AvgIpc) is 2.55. The normalized spacial score (nSPS) is 13.4. The highest BCUT2D eigenvalue weighted by Crippen LogP contribution is 2.22. The van der Waals surface area contributed by atoms with Crippen LogP contribution in [0.5, 0.6) is 5.75 Å². The van der Waals surface area contributed by atoms with Crippen LogP contribution in [0.1, 0.15) is 32.4 Å². The number of methoxy groups -OCH3 is 1.